The Labute approximate surface area is 191 Å². The molecule has 3 nitrogen and oxygen atoms in total. The predicted molar refractivity (Wildman–Crippen MR) is 130 cm³/mol. The van der Waals surface area contributed by atoms with E-state index in [1.54, 1.807) is 5.56 Å². The Balaban J connectivity index is 1.76. The standard InChI is InChI=1S/C27H44O3Si/c1-16(2)31(17(3)4,18(5)6)30-27-20-12-10-9-11-19(20)25-21-13-22(26(25)27)24(15-29-8)23(21)14-28-7/h9-12,16-18,21-27H,13-15H2,1-8H3/t21?,22?,23-,24-,25?,26-,27+/m1/s1. The number of ether oxygens (including phenoxy) is 2. The quantitative estimate of drug-likeness (QED) is 0.392. The molecule has 2 saturated carbocycles. The summed E-state index contributed by atoms with van der Waals surface area (Å²) in [6.07, 6.45) is 1.56. The lowest BCUT2D eigenvalue weighted by Gasteiger charge is -2.47. The highest BCUT2D eigenvalue weighted by atomic mass is 28.4. The summed E-state index contributed by atoms with van der Waals surface area (Å²) in [6, 6.07) is 9.23. The molecule has 2 bridgehead atoms. The van der Waals surface area contributed by atoms with Crippen LogP contribution in [0.1, 0.15) is 71.1 Å². The van der Waals surface area contributed by atoms with Gasteiger partial charge in [0.1, 0.15) is 0 Å². The molecule has 0 N–H and O–H groups in total. The minimum atomic E-state index is -1.98. The van der Waals surface area contributed by atoms with Gasteiger partial charge in [-0.25, -0.2) is 0 Å². The molecule has 1 aromatic rings. The first kappa shape index (κ1) is 23.5. The van der Waals surface area contributed by atoms with E-state index in [1.165, 1.54) is 12.0 Å². The first-order valence-corrected chi connectivity index (χ1v) is 14.7. The van der Waals surface area contributed by atoms with Crippen LogP contribution in [0, 0.1) is 29.6 Å². The summed E-state index contributed by atoms with van der Waals surface area (Å²) in [5, 5.41) is 0. The molecule has 0 saturated heterocycles. The van der Waals surface area contributed by atoms with E-state index in [9.17, 15) is 0 Å². The van der Waals surface area contributed by atoms with Gasteiger partial charge in [-0.1, -0.05) is 65.8 Å². The molecule has 3 aliphatic carbocycles. The number of benzene rings is 1. The monoisotopic (exact) mass is 444 g/mol. The van der Waals surface area contributed by atoms with Crippen molar-refractivity contribution in [1.82, 2.24) is 0 Å². The first-order chi connectivity index (χ1) is 14.8. The van der Waals surface area contributed by atoms with Gasteiger partial charge < -0.3 is 13.9 Å². The van der Waals surface area contributed by atoms with Crippen LogP contribution in [0.5, 0.6) is 0 Å². The van der Waals surface area contributed by atoms with E-state index in [2.05, 4.69) is 65.8 Å². The van der Waals surface area contributed by atoms with Crippen molar-refractivity contribution < 1.29 is 13.9 Å². The molecule has 31 heavy (non-hydrogen) atoms. The number of hydrogen-bond acceptors (Lipinski definition) is 3. The Morgan fingerprint density at radius 1 is 0.806 bits per heavy atom. The molecule has 0 spiro atoms. The lowest BCUT2D eigenvalue weighted by molar-refractivity contribution is -0.0126. The third-order valence-electron chi connectivity index (χ3n) is 9.33. The van der Waals surface area contributed by atoms with Gasteiger partial charge in [-0.05, 0) is 69.7 Å². The van der Waals surface area contributed by atoms with Crippen LogP contribution in [0.3, 0.4) is 0 Å². The molecule has 0 aliphatic heterocycles. The van der Waals surface area contributed by atoms with Crippen LogP contribution >= 0.6 is 0 Å². The van der Waals surface area contributed by atoms with Gasteiger partial charge in [-0.3, -0.25) is 0 Å². The Hall–Kier alpha value is -0.683. The molecule has 0 heterocycles. The Bertz CT molecular complexity index is 739. The maximum atomic E-state index is 7.56. The fourth-order valence-corrected chi connectivity index (χ4v) is 14.0. The summed E-state index contributed by atoms with van der Waals surface area (Å²) in [6.45, 7) is 16.2. The van der Waals surface area contributed by atoms with E-state index in [0.29, 0.717) is 52.1 Å². The normalized spacial score (nSPS) is 34.2. The summed E-state index contributed by atoms with van der Waals surface area (Å²) in [4.78, 5) is 0. The van der Waals surface area contributed by atoms with E-state index < -0.39 is 8.32 Å². The number of rotatable bonds is 9. The maximum Gasteiger partial charge on any atom is 0.201 e. The van der Waals surface area contributed by atoms with Gasteiger partial charge in [0.15, 0.2) is 0 Å². The van der Waals surface area contributed by atoms with Crippen LogP contribution in [0.2, 0.25) is 16.6 Å². The Kier molecular flexibility index (Phi) is 6.76. The lowest BCUT2D eigenvalue weighted by atomic mass is 9.68. The smallest absolute Gasteiger partial charge is 0.201 e. The van der Waals surface area contributed by atoms with Crippen molar-refractivity contribution in [1.29, 1.82) is 0 Å². The van der Waals surface area contributed by atoms with Crippen molar-refractivity contribution in [2.75, 3.05) is 27.4 Å². The minimum Gasteiger partial charge on any atom is -0.409 e. The molecule has 4 heteroatoms. The maximum absolute atomic E-state index is 7.56. The van der Waals surface area contributed by atoms with Crippen LogP contribution in [-0.2, 0) is 13.9 Å². The van der Waals surface area contributed by atoms with E-state index in [1.807, 2.05) is 14.2 Å². The largest absolute Gasteiger partial charge is 0.409 e. The summed E-state index contributed by atoms with van der Waals surface area (Å²) < 4.78 is 19.0. The summed E-state index contributed by atoms with van der Waals surface area (Å²) in [5.41, 5.74) is 4.87. The van der Waals surface area contributed by atoms with Gasteiger partial charge >= 0.3 is 0 Å². The van der Waals surface area contributed by atoms with Crippen LogP contribution in [-0.4, -0.2) is 35.8 Å². The second-order valence-corrected chi connectivity index (χ2v) is 16.8. The SMILES string of the molecule is COC[C@@H]1C2CC([C@@H]3C2c2ccccc2[C@@H]3O[Si](C(C)C)(C(C)C)C(C)C)[C@H]1COC. The van der Waals surface area contributed by atoms with Crippen molar-refractivity contribution in [3.8, 4) is 0 Å². The summed E-state index contributed by atoms with van der Waals surface area (Å²) in [5.74, 6) is 3.77. The lowest BCUT2D eigenvalue weighted by Crippen LogP contribution is -2.50. The van der Waals surface area contributed by atoms with Gasteiger partial charge in [0.2, 0.25) is 8.32 Å². The highest BCUT2D eigenvalue weighted by Gasteiger charge is 2.64. The zero-order valence-electron chi connectivity index (χ0n) is 20.9. The molecular weight excluding hydrogens is 400 g/mol. The number of hydrogen-bond donors (Lipinski definition) is 0. The van der Waals surface area contributed by atoms with Gasteiger partial charge in [0, 0.05) is 27.4 Å². The number of fused-ring (bicyclic) bond motifs is 7. The molecule has 4 rings (SSSR count). The molecule has 174 valence electrons. The van der Waals surface area contributed by atoms with E-state index in [-0.39, 0.29) is 6.10 Å². The van der Waals surface area contributed by atoms with E-state index in [0.717, 1.165) is 13.2 Å². The van der Waals surface area contributed by atoms with E-state index in [4.69, 9.17) is 13.9 Å². The molecule has 0 amide bonds. The van der Waals surface area contributed by atoms with Crippen LogP contribution in [0.25, 0.3) is 0 Å². The van der Waals surface area contributed by atoms with Gasteiger partial charge in [0.05, 0.1) is 6.10 Å². The molecule has 3 unspecified atom stereocenters. The third-order valence-corrected chi connectivity index (χ3v) is 15.4. The second kappa shape index (κ2) is 8.93. The Morgan fingerprint density at radius 2 is 1.32 bits per heavy atom. The fourth-order valence-electron chi connectivity index (χ4n) is 8.49. The topological polar surface area (TPSA) is 27.7 Å². The summed E-state index contributed by atoms with van der Waals surface area (Å²) in [7, 11) is 1.74. The average molecular weight is 445 g/mol. The molecule has 1 aromatic carbocycles. The van der Waals surface area contributed by atoms with Crippen molar-refractivity contribution in [2.45, 2.75) is 76.6 Å². The molecule has 0 aromatic heterocycles. The van der Waals surface area contributed by atoms with Crippen molar-refractivity contribution >= 4 is 8.32 Å². The van der Waals surface area contributed by atoms with Crippen LogP contribution in [0.4, 0.5) is 0 Å². The Morgan fingerprint density at radius 3 is 1.84 bits per heavy atom. The second-order valence-electron chi connectivity index (χ2n) is 11.4. The highest BCUT2D eigenvalue weighted by Crippen LogP contribution is 2.70. The molecular formula is C27H44O3Si. The zero-order chi connectivity index (χ0) is 22.5. The minimum absolute atomic E-state index is 0.248. The zero-order valence-corrected chi connectivity index (χ0v) is 21.9. The number of methoxy groups -OCH3 is 2. The third kappa shape index (κ3) is 3.48. The van der Waals surface area contributed by atoms with Gasteiger partial charge in [-0.15, -0.1) is 0 Å². The molecule has 0 radical (unpaired) electrons. The van der Waals surface area contributed by atoms with Crippen molar-refractivity contribution in [2.24, 2.45) is 29.6 Å². The van der Waals surface area contributed by atoms with E-state index >= 15 is 0 Å². The fraction of sp³-hybridized carbons (Fsp3) is 0.778. The van der Waals surface area contributed by atoms with Crippen LogP contribution < -0.4 is 0 Å². The van der Waals surface area contributed by atoms with Gasteiger partial charge in [0.25, 0.3) is 0 Å². The van der Waals surface area contributed by atoms with Gasteiger partial charge in [-0.2, -0.15) is 0 Å². The first-order valence-electron chi connectivity index (χ1n) is 12.5. The predicted octanol–water partition coefficient (Wildman–Crippen LogP) is 6.81. The van der Waals surface area contributed by atoms with Crippen LogP contribution in [0.15, 0.2) is 24.3 Å². The molecule has 7 atom stereocenters. The average Bonchev–Trinajstić information content (AvgIpc) is 3.35. The molecule has 2 fully saturated rings. The summed E-state index contributed by atoms with van der Waals surface area (Å²) >= 11 is 0. The highest BCUT2D eigenvalue weighted by molar-refractivity contribution is 6.77. The van der Waals surface area contributed by atoms with Crippen molar-refractivity contribution in [3.63, 3.8) is 0 Å². The molecule has 3 aliphatic rings. The van der Waals surface area contributed by atoms with Crippen molar-refractivity contribution in [3.05, 3.63) is 35.4 Å².